The van der Waals surface area contributed by atoms with Crippen LogP contribution in [0.4, 0.5) is 5.13 Å². The second-order valence-electron chi connectivity index (χ2n) is 5.14. The molecule has 0 spiro atoms. The first kappa shape index (κ1) is 16.3. The van der Waals surface area contributed by atoms with Crippen molar-refractivity contribution < 1.29 is 4.79 Å². The molecule has 7 heteroatoms. The number of nitrogens with zero attached hydrogens (tertiary/aromatic N) is 2. The molecule has 5 nitrogen and oxygen atoms in total. The number of carbonyl (C=O) groups is 1. The predicted molar refractivity (Wildman–Crippen MR) is 88.9 cm³/mol. The van der Waals surface area contributed by atoms with Crippen LogP contribution in [0.2, 0.25) is 0 Å². The van der Waals surface area contributed by atoms with E-state index in [1.54, 1.807) is 6.08 Å². The number of hydrogen-bond donors (Lipinski definition) is 2. The van der Waals surface area contributed by atoms with Gasteiger partial charge in [-0.3, -0.25) is 4.79 Å². The van der Waals surface area contributed by atoms with Crippen molar-refractivity contribution in [2.45, 2.75) is 36.4 Å². The number of aromatic nitrogens is 2. The molecule has 0 aromatic carbocycles. The lowest BCUT2D eigenvalue weighted by Crippen LogP contribution is -2.31. The van der Waals surface area contributed by atoms with Gasteiger partial charge in [0.1, 0.15) is 0 Å². The highest BCUT2D eigenvalue weighted by atomic mass is 32.2. The molecule has 1 heterocycles. The van der Waals surface area contributed by atoms with E-state index in [9.17, 15) is 4.79 Å². The molecule has 21 heavy (non-hydrogen) atoms. The number of carbonyl (C=O) groups excluding carboxylic acids is 1. The molecule has 1 aromatic rings. The molecule has 0 saturated heterocycles. The van der Waals surface area contributed by atoms with Crippen LogP contribution in [0, 0.1) is 5.92 Å². The number of hydrogen-bond acceptors (Lipinski definition) is 6. The fraction of sp³-hybridized carbons (Fsp3) is 0.643. The maximum absolute atomic E-state index is 11.8. The maximum Gasteiger partial charge on any atom is 0.230 e. The SMILES string of the molecule is C=CCNc1nnc(SCC(=O)NCC2CCCCC2)s1. The van der Waals surface area contributed by atoms with Gasteiger partial charge >= 0.3 is 0 Å². The Morgan fingerprint density at radius 3 is 2.95 bits per heavy atom. The molecule has 2 N–H and O–H groups in total. The molecule has 2 rings (SSSR count). The van der Waals surface area contributed by atoms with Crippen molar-refractivity contribution in [3.05, 3.63) is 12.7 Å². The Balaban J connectivity index is 1.63. The minimum atomic E-state index is 0.0846. The topological polar surface area (TPSA) is 66.9 Å². The van der Waals surface area contributed by atoms with E-state index in [4.69, 9.17) is 0 Å². The van der Waals surface area contributed by atoms with Gasteiger partial charge in [-0.15, -0.1) is 16.8 Å². The molecule has 0 aliphatic heterocycles. The van der Waals surface area contributed by atoms with Gasteiger partial charge in [0.05, 0.1) is 5.75 Å². The van der Waals surface area contributed by atoms with Crippen molar-refractivity contribution in [2.75, 3.05) is 24.2 Å². The maximum atomic E-state index is 11.8. The molecular formula is C14H22N4OS2. The fourth-order valence-corrected chi connectivity index (χ4v) is 3.92. The van der Waals surface area contributed by atoms with Crippen molar-refractivity contribution in [3.8, 4) is 0 Å². The summed E-state index contributed by atoms with van der Waals surface area (Å²) in [6.07, 6.45) is 8.23. The predicted octanol–water partition coefficient (Wildman–Crippen LogP) is 2.92. The molecular weight excluding hydrogens is 304 g/mol. The Hall–Kier alpha value is -1.08. The van der Waals surface area contributed by atoms with E-state index in [2.05, 4.69) is 27.4 Å². The van der Waals surface area contributed by atoms with Crippen LogP contribution in [0.25, 0.3) is 0 Å². The minimum Gasteiger partial charge on any atom is -0.357 e. The first-order valence-corrected chi connectivity index (χ1v) is 9.16. The largest absolute Gasteiger partial charge is 0.357 e. The monoisotopic (exact) mass is 326 g/mol. The Morgan fingerprint density at radius 2 is 2.19 bits per heavy atom. The van der Waals surface area contributed by atoms with Crippen molar-refractivity contribution in [2.24, 2.45) is 5.92 Å². The molecule has 116 valence electrons. The summed E-state index contributed by atoms with van der Waals surface area (Å²) >= 11 is 2.90. The van der Waals surface area contributed by atoms with Crippen molar-refractivity contribution >= 4 is 34.1 Å². The average molecular weight is 326 g/mol. The first-order valence-electron chi connectivity index (χ1n) is 7.35. The van der Waals surface area contributed by atoms with Crippen LogP contribution in [-0.2, 0) is 4.79 Å². The minimum absolute atomic E-state index is 0.0846. The third-order valence-electron chi connectivity index (χ3n) is 3.44. The molecule has 1 fully saturated rings. The summed E-state index contributed by atoms with van der Waals surface area (Å²) in [5.41, 5.74) is 0. The summed E-state index contributed by atoms with van der Waals surface area (Å²) in [6.45, 7) is 5.13. The number of thioether (sulfide) groups is 1. The highest BCUT2D eigenvalue weighted by molar-refractivity contribution is 8.01. The quantitative estimate of drug-likeness (QED) is 0.568. The zero-order chi connectivity index (χ0) is 14.9. The second kappa shape index (κ2) is 9.04. The smallest absolute Gasteiger partial charge is 0.230 e. The van der Waals surface area contributed by atoms with Crippen LogP contribution in [0.5, 0.6) is 0 Å². The lowest BCUT2D eigenvalue weighted by atomic mass is 9.89. The number of rotatable bonds is 8. The van der Waals surface area contributed by atoms with Gasteiger partial charge < -0.3 is 10.6 Å². The van der Waals surface area contributed by atoms with Crippen LogP contribution >= 0.6 is 23.1 Å². The van der Waals surface area contributed by atoms with Gasteiger partial charge in [0.2, 0.25) is 11.0 Å². The summed E-state index contributed by atoms with van der Waals surface area (Å²) < 4.78 is 0.814. The van der Waals surface area contributed by atoms with E-state index in [0.717, 1.165) is 16.0 Å². The van der Waals surface area contributed by atoms with Gasteiger partial charge in [0.25, 0.3) is 0 Å². The van der Waals surface area contributed by atoms with Crippen LogP contribution in [-0.4, -0.2) is 34.9 Å². The summed E-state index contributed by atoms with van der Waals surface area (Å²) in [5.74, 6) is 1.16. The number of nitrogens with one attached hydrogen (secondary N) is 2. The van der Waals surface area contributed by atoms with Crippen LogP contribution in [0.3, 0.4) is 0 Å². The second-order valence-corrected chi connectivity index (χ2v) is 7.34. The van der Waals surface area contributed by atoms with E-state index in [1.165, 1.54) is 55.2 Å². The molecule has 0 radical (unpaired) electrons. The standard InChI is InChI=1S/C14H22N4OS2/c1-2-8-15-13-17-18-14(21-13)20-10-12(19)16-9-11-6-4-3-5-7-11/h2,11H,1,3-10H2,(H,15,17)(H,16,19). The Kier molecular flexibility index (Phi) is 7.02. The van der Waals surface area contributed by atoms with Gasteiger partial charge in [-0.1, -0.05) is 48.4 Å². The van der Waals surface area contributed by atoms with Gasteiger partial charge in [0.15, 0.2) is 4.34 Å². The highest BCUT2D eigenvalue weighted by Crippen LogP contribution is 2.25. The lowest BCUT2D eigenvalue weighted by Gasteiger charge is -2.21. The van der Waals surface area contributed by atoms with E-state index >= 15 is 0 Å². The van der Waals surface area contributed by atoms with E-state index in [-0.39, 0.29) is 5.91 Å². The number of anilines is 1. The van der Waals surface area contributed by atoms with Crippen LogP contribution < -0.4 is 10.6 Å². The Morgan fingerprint density at radius 1 is 1.38 bits per heavy atom. The van der Waals surface area contributed by atoms with E-state index in [0.29, 0.717) is 18.2 Å². The van der Waals surface area contributed by atoms with E-state index in [1.807, 2.05) is 0 Å². The summed E-state index contributed by atoms with van der Waals surface area (Å²) in [7, 11) is 0. The van der Waals surface area contributed by atoms with Gasteiger partial charge in [-0.05, 0) is 18.8 Å². The molecule has 1 aromatic heterocycles. The summed E-state index contributed by atoms with van der Waals surface area (Å²) in [4.78, 5) is 11.8. The van der Waals surface area contributed by atoms with Gasteiger partial charge in [-0.2, -0.15) is 0 Å². The highest BCUT2D eigenvalue weighted by Gasteiger charge is 2.14. The number of amides is 1. The molecule has 0 bridgehead atoms. The van der Waals surface area contributed by atoms with Gasteiger partial charge in [-0.25, -0.2) is 0 Å². The fourth-order valence-electron chi connectivity index (χ4n) is 2.33. The zero-order valence-corrected chi connectivity index (χ0v) is 13.8. The summed E-state index contributed by atoms with van der Waals surface area (Å²) in [6, 6.07) is 0. The third-order valence-corrected chi connectivity index (χ3v) is 5.46. The van der Waals surface area contributed by atoms with Gasteiger partial charge in [0, 0.05) is 13.1 Å². The molecule has 1 aliphatic carbocycles. The Labute approximate surface area is 134 Å². The normalized spacial score (nSPS) is 15.6. The molecule has 1 aliphatic rings. The summed E-state index contributed by atoms with van der Waals surface area (Å²) in [5, 5.41) is 14.9. The third kappa shape index (κ3) is 6.05. The van der Waals surface area contributed by atoms with Crippen molar-refractivity contribution in [1.29, 1.82) is 0 Å². The van der Waals surface area contributed by atoms with Crippen LogP contribution in [0.1, 0.15) is 32.1 Å². The Bertz CT molecular complexity index is 458. The molecule has 0 atom stereocenters. The zero-order valence-electron chi connectivity index (χ0n) is 12.1. The van der Waals surface area contributed by atoms with E-state index < -0.39 is 0 Å². The molecule has 1 saturated carbocycles. The van der Waals surface area contributed by atoms with Crippen molar-refractivity contribution in [3.63, 3.8) is 0 Å². The molecule has 0 unspecified atom stereocenters. The first-order chi connectivity index (χ1) is 10.3. The lowest BCUT2D eigenvalue weighted by molar-refractivity contribution is -0.118. The molecule has 1 amide bonds. The average Bonchev–Trinajstić information content (AvgIpc) is 2.98. The van der Waals surface area contributed by atoms with Crippen LogP contribution in [0.15, 0.2) is 17.0 Å². The van der Waals surface area contributed by atoms with Crippen molar-refractivity contribution in [1.82, 2.24) is 15.5 Å².